The lowest BCUT2D eigenvalue weighted by Crippen LogP contribution is -2.31. The van der Waals surface area contributed by atoms with Gasteiger partial charge in [0, 0.05) is 6.20 Å². The summed E-state index contributed by atoms with van der Waals surface area (Å²) >= 11 is 0. The van der Waals surface area contributed by atoms with E-state index in [1.807, 2.05) is 47.0 Å². The molecule has 0 unspecified atom stereocenters. The van der Waals surface area contributed by atoms with Crippen molar-refractivity contribution in [2.45, 2.75) is 0 Å². The fourth-order valence-electron chi connectivity index (χ4n) is 2.68. The Hall–Kier alpha value is -3.13. The van der Waals surface area contributed by atoms with Gasteiger partial charge in [-0.25, -0.2) is 0 Å². The van der Waals surface area contributed by atoms with E-state index in [2.05, 4.69) is 65.6 Å². The molecular formula is C21H16N2. The average Bonchev–Trinajstić information content (AvgIpc) is 3.09. The molecule has 0 bridgehead atoms. The third-order valence-electron chi connectivity index (χ3n) is 3.82. The van der Waals surface area contributed by atoms with Crippen molar-refractivity contribution in [2.24, 2.45) is 0 Å². The molecule has 0 aliphatic rings. The number of hydrogen-bond acceptors (Lipinski definition) is 0. The Labute approximate surface area is 135 Å². The quantitative estimate of drug-likeness (QED) is 0.395. The van der Waals surface area contributed by atoms with Crippen LogP contribution in [0.5, 0.6) is 0 Å². The summed E-state index contributed by atoms with van der Waals surface area (Å²) in [4.78, 5) is 0. The molecule has 4 aromatic rings. The van der Waals surface area contributed by atoms with Crippen LogP contribution in [0.4, 0.5) is 0 Å². The van der Waals surface area contributed by atoms with E-state index in [9.17, 15) is 0 Å². The van der Waals surface area contributed by atoms with Crippen molar-refractivity contribution in [3.05, 3.63) is 104 Å². The van der Waals surface area contributed by atoms with Crippen LogP contribution < -0.4 is 4.57 Å². The molecule has 4 rings (SSSR count). The second-order valence-electron chi connectivity index (χ2n) is 5.36. The summed E-state index contributed by atoms with van der Waals surface area (Å²) in [5, 5.41) is 0. The van der Waals surface area contributed by atoms with Gasteiger partial charge in [0.1, 0.15) is 0 Å². The van der Waals surface area contributed by atoms with E-state index in [0.29, 0.717) is 0 Å². The normalized spacial score (nSPS) is 10.6. The van der Waals surface area contributed by atoms with Gasteiger partial charge in [-0.05, 0) is 29.8 Å². The molecule has 0 radical (unpaired) electrons. The van der Waals surface area contributed by atoms with Crippen molar-refractivity contribution in [1.29, 1.82) is 0 Å². The van der Waals surface area contributed by atoms with Crippen LogP contribution >= 0.6 is 0 Å². The first-order chi connectivity index (χ1) is 11.4. The highest BCUT2D eigenvalue weighted by Crippen LogP contribution is 2.19. The van der Waals surface area contributed by atoms with E-state index < -0.39 is 0 Å². The van der Waals surface area contributed by atoms with Crippen molar-refractivity contribution < 1.29 is 4.57 Å². The van der Waals surface area contributed by atoms with Crippen molar-refractivity contribution >= 4 is 0 Å². The zero-order valence-corrected chi connectivity index (χ0v) is 12.6. The standard InChI is InChI=1S/C21H16N2/c1-4-10-18(11-5-1)21-16-22(19-12-6-2-7-13-19)17-23(21)20-14-8-3-9-15-20/h1-16H. The van der Waals surface area contributed by atoms with E-state index >= 15 is 0 Å². The van der Waals surface area contributed by atoms with Crippen molar-refractivity contribution in [1.82, 2.24) is 4.57 Å². The second-order valence-corrected chi connectivity index (χ2v) is 5.36. The Morgan fingerprint density at radius 3 is 1.87 bits per heavy atom. The van der Waals surface area contributed by atoms with Crippen LogP contribution in [0.2, 0.25) is 0 Å². The number of hydrogen-bond donors (Lipinski definition) is 0. The first kappa shape index (κ1) is 13.5. The van der Waals surface area contributed by atoms with Gasteiger partial charge in [-0.15, -0.1) is 0 Å². The van der Waals surface area contributed by atoms with Gasteiger partial charge in [0.05, 0.1) is 17.1 Å². The zero-order valence-electron chi connectivity index (χ0n) is 12.6. The minimum absolute atomic E-state index is 1.10. The Balaban J connectivity index is 1.91. The molecule has 2 heteroatoms. The molecule has 110 valence electrons. The molecule has 0 saturated heterocycles. The van der Waals surface area contributed by atoms with Gasteiger partial charge < -0.3 is 0 Å². The predicted molar refractivity (Wildman–Crippen MR) is 91.6 cm³/mol. The minimum Gasteiger partial charge on any atom is -0.298 e. The smallest absolute Gasteiger partial charge is 0.269 e. The maximum atomic E-state index is 3.45. The monoisotopic (exact) mass is 296 g/mol. The first-order valence-corrected chi connectivity index (χ1v) is 7.65. The maximum Gasteiger partial charge on any atom is 0.269 e. The summed E-state index contributed by atoms with van der Waals surface area (Å²) in [6, 6.07) is 31.0. The van der Waals surface area contributed by atoms with Crippen LogP contribution in [-0.2, 0) is 0 Å². The lowest BCUT2D eigenvalue weighted by Gasteiger charge is -2.06. The summed E-state index contributed by atoms with van der Waals surface area (Å²) in [5.74, 6) is 0. The molecule has 0 fully saturated rings. The lowest BCUT2D eigenvalue weighted by atomic mass is 10.1. The molecule has 0 saturated carbocycles. The van der Waals surface area contributed by atoms with Gasteiger partial charge in [0.2, 0.25) is 0 Å². The minimum atomic E-state index is 1.10. The van der Waals surface area contributed by atoms with Crippen LogP contribution in [0.15, 0.2) is 97.2 Å². The van der Waals surface area contributed by atoms with Gasteiger partial charge in [0.25, 0.3) is 6.33 Å². The Bertz CT molecular complexity index is 838. The summed E-state index contributed by atoms with van der Waals surface area (Å²) in [5.41, 5.74) is 4.48. The molecule has 0 atom stereocenters. The molecule has 1 aromatic heterocycles. The predicted octanol–water partition coefficient (Wildman–Crippen LogP) is 4.22. The SMILES string of the molecule is [c-]1n(-c2ccccc2)cc(-c2ccccc2)[n+]1-c1ccccc1. The third-order valence-corrected chi connectivity index (χ3v) is 3.82. The summed E-state index contributed by atoms with van der Waals surface area (Å²) in [7, 11) is 0. The van der Waals surface area contributed by atoms with E-state index in [0.717, 1.165) is 17.1 Å². The van der Waals surface area contributed by atoms with Crippen LogP contribution in [-0.4, -0.2) is 4.57 Å². The van der Waals surface area contributed by atoms with Gasteiger partial charge in [-0.2, -0.15) is 0 Å². The fourth-order valence-corrected chi connectivity index (χ4v) is 2.68. The van der Waals surface area contributed by atoms with E-state index in [1.54, 1.807) is 0 Å². The van der Waals surface area contributed by atoms with Gasteiger partial charge >= 0.3 is 0 Å². The number of imidazole rings is 1. The average molecular weight is 296 g/mol. The molecule has 2 nitrogen and oxygen atoms in total. The molecule has 0 amide bonds. The molecule has 0 aliphatic carbocycles. The van der Waals surface area contributed by atoms with Crippen LogP contribution in [0.1, 0.15) is 0 Å². The Morgan fingerprint density at radius 2 is 1.22 bits per heavy atom. The highest BCUT2D eigenvalue weighted by molar-refractivity contribution is 5.56. The molecule has 1 heterocycles. The van der Waals surface area contributed by atoms with E-state index in [-0.39, 0.29) is 0 Å². The Morgan fingerprint density at radius 1 is 0.652 bits per heavy atom. The molecule has 23 heavy (non-hydrogen) atoms. The van der Waals surface area contributed by atoms with Gasteiger partial charge in [0.15, 0.2) is 0 Å². The molecule has 0 spiro atoms. The van der Waals surface area contributed by atoms with Gasteiger partial charge in [-0.1, -0.05) is 66.7 Å². The number of para-hydroxylation sites is 2. The van der Waals surface area contributed by atoms with Crippen LogP contribution in [0.25, 0.3) is 22.6 Å². The van der Waals surface area contributed by atoms with Crippen molar-refractivity contribution in [3.8, 4) is 22.6 Å². The fraction of sp³-hybridized carbons (Fsp3) is 0. The summed E-state index contributed by atoms with van der Waals surface area (Å²) in [6.45, 7) is 0. The third kappa shape index (κ3) is 2.67. The maximum absolute atomic E-state index is 3.45. The van der Waals surface area contributed by atoms with Crippen LogP contribution in [0, 0.1) is 6.33 Å². The molecule has 0 N–H and O–H groups in total. The number of benzene rings is 3. The topological polar surface area (TPSA) is 8.81 Å². The molecule has 0 aliphatic heterocycles. The number of rotatable bonds is 3. The van der Waals surface area contributed by atoms with E-state index in [1.165, 1.54) is 5.56 Å². The zero-order chi connectivity index (χ0) is 15.5. The summed E-state index contributed by atoms with van der Waals surface area (Å²) in [6.07, 6.45) is 5.57. The summed E-state index contributed by atoms with van der Waals surface area (Å²) < 4.78 is 4.14. The number of aromatic nitrogens is 2. The molecule has 3 aromatic carbocycles. The van der Waals surface area contributed by atoms with Crippen LogP contribution in [0.3, 0.4) is 0 Å². The lowest BCUT2D eigenvalue weighted by molar-refractivity contribution is -0.588. The first-order valence-electron chi connectivity index (χ1n) is 7.65. The highest BCUT2D eigenvalue weighted by Gasteiger charge is 2.11. The number of nitrogens with zero attached hydrogens (tertiary/aromatic N) is 2. The van der Waals surface area contributed by atoms with E-state index in [4.69, 9.17) is 0 Å². The van der Waals surface area contributed by atoms with Crippen molar-refractivity contribution in [2.75, 3.05) is 0 Å². The molecular weight excluding hydrogens is 280 g/mol. The highest BCUT2D eigenvalue weighted by atomic mass is 15.1. The Kier molecular flexibility index (Phi) is 3.49. The van der Waals surface area contributed by atoms with Crippen molar-refractivity contribution in [3.63, 3.8) is 0 Å². The van der Waals surface area contributed by atoms with Gasteiger partial charge in [-0.3, -0.25) is 9.13 Å². The second kappa shape index (κ2) is 5.93. The largest absolute Gasteiger partial charge is 0.298 e.